The van der Waals surface area contributed by atoms with Crippen molar-refractivity contribution in [3.05, 3.63) is 71.2 Å². The molecule has 0 aliphatic rings. The number of rotatable bonds is 4. The van der Waals surface area contributed by atoms with E-state index in [1.807, 2.05) is 48.0 Å². The molecule has 110 valence electrons. The van der Waals surface area contributed by atoms with Crippen LogP contribution in [-0.2, 0) is 6.54 Å². The lowest BCUT2D eigenvalue weighted by atomic mass is 10.1. The quantitative estimate of drug-likeness (QED) is 0.761. The van der Waals surface area contributed by atoms with Crippen LogP contribution in [0, 0.1) is 0 Å². The van der Waals surface area contributed by atoms with Crippen molar-refractivity contribution in [1.29, 1.82) is 0 Å². The van der Waals surface area contributed by atoms with Crippen LogP contribution in [0.15, 0.2) is 65.6 Å². The van der Waals surface area contributed by atoms with Crippen molar-refractivity contribution in [2.24, 2.45) is 0 Å². The lowest BCUT2D eigenvalue weighted by molar-refractivity contribution is 0.251. The maximum Gasteiger partial charge on any atom is 0.319 e. The van der Waals surface area contributed by atoms with Crippen LogP contribution in [0.1, 0.15) is 5.56 Å². The van der Waals surface area contributed by atoms with Crippen LogP contribution in [0.3, 0.4) is 0 Å². The molecule has 0 bridgehead atoms. The number of amides is 2. The molecule has 0 saturated carbocycles. The number of pyridine rings is 1. The van der Waals surface area contributed by atoms with Gasteiger partial charge in [-0.15, -0.1) is 0 Å². The maximum atomic E-state index is 11.9. The van der Waals surface area contributed by atoms with Crippen LogP contribution in [0.25, 0.3) is 11.1 Å². The Balaban J connectivity index is 1.60. The summed E-state index contributed by atoms with van der Waals surface area (Å²) in [5.41, 5.74) is 3.94. The number of benzene rings is 1. The molecule has 0 unspecified atom stereocenters. The average molecular weight is 309 g/mol. The molecule has 0 saturated heterocycles. The predicted molar refractivity (Wildman–Crippen MR) is 89.9 cm³/mol. The number of hydrogen-bond acceptors (Lipinski definition) is 3. The Bertz CT molecular complexity index is 742. The van der Waals surface area contributed by atoms with Gasteiger partial charge in [0.2, 0.25) is 0 Å². The van der Waals surface area contributed by atoms with E-state index < -0.39 is 0 Å². The highest BCUT2D eigenvalue weighted by molar-refractivity contribution is 7.08. The molecule has 2 amide bonds. The Hall–Kier alpha value is -2.66. The van der Waals surface area contributed by atoms with Crippen LogP contribution in [0.4, 0.5) is 10.5 Å². The molecule has 2 aromatic heterocycles. The van der Waals surface area contributed by atoms with Crippen molar-refractivity contribution in [3.63, 3.8) is 0 Å². The van der Waals surface area contributed by atoms with Crippen molar-refractivity contribution >= 4 is 23.1 Å². The Morgan fingerprint density at radius 2 is 1.95 bits per heavy atom. The minimum Gasteiger partial charge on any atom is -0.334 e. The molecular weight excluding hydrogens is 294 g/mol. The summed E-state index contributed by atoms with van der Waals surface area (Å²) in [7, 11) is 0. The fourth-order valence-electron chi connectivity index (χ4n) is 2.05. The monoisotopic (exact) mass is 309 g/mol. The Labute approximate surface area is 132 Å². The van der Waals surface area contributed by atoms with Crippen LogP contribution >= 0.6 is 11.3 Å². The summed E-state index contributed by atoms with van der Waals surface area (Å²) in [6.45, 7) is 0.434. The summed E-state index contributed by atoms with van der Waals surface area (Å²) in [5, 5.41) is 9.73. The number of para-hydroxylation sites is 1. The Morgan fingerprint density at radius 3 is 2.73 bits per heavy atom. The third-order valence-electron chi connectivity index (χ3n) is 3.13. The van der Waals surface area contributed by atoms with Gasteiger partial charge in [0.15, 0.2) is 0 Å². The van der Waals surface area contributed by atoms with E-state index in [1.54, 1.807) is 17.5 Å². The molecular formula is C17H15N3OS. The van der Waals surface area contributed by atoms with Crippen LogP contribution in [-0.4, -0.2) is 11.0 Å². The fraction of sp³-hybridized carbons (Fsp3) is 0.0588. The minimum absolute atomic E-state index is 0.230. The topological polar surface area (TPSA) is 54.0 Å². The zero-order valence-corrected chi connectivity index (χ0v) is 12.6. The molecule has 4 nitrogen and oxygen atoms in total. The Morgan fingerprint density at radius 1 is 1.09 bits per heavy atom. The second-order valence-electron chi connectivity index (χ2n) is 4.77. The minimum atomic E-state index is -0.230. The molecule has 0 aliphatic heterocycles. The fourth-order valence-corrected chi connectivity index (χ4v) is 2.71. The van der Waals surface area contributed by atoms with Gasteiger partial charge in [0.1, 0.15) is 0 Å². The molecule has 3 rings (SSSR count). The first-order chi connectivity index (χ1) is 10.8. The van der Waals surface area contributed by atoms with E-state index in [1.165, 1.54) is 0 Å². The summed E-state index contributed by atoms with van der Waals surface area (Å²) in [5.74, 6) is 0. The van der Waals surface area contributed by atoms with Gasteiger partial charge in [-0.1, -0.05) is 18.2 Å². The molecule has 2 heterocycles. The molecule has 0 fully saturated rings. The molecule has 22 heavy (non-hydrogen) atoms. The summed E-state index contributed by atoms with van der Waals surface area (Å²) in [4.78, 5) is 16.1. The van der Waals surface area contributed by atoms with Crippen LogP contribution in [0.5, 0.6) is 0 Å². The van der Waals surface area contributed by atoms with Gasteiger partial charge >= 0.3 is 6.03 Å². The summed E-state index contributed by atoms with van der Waals surface area (Å²) in [6.07, 6.45) is 3.59. The largest absolute Gasteiger partial charge is 0.334 e. The first kappa shape index (κ1) is 14.3. The summed E-state index contributed by atoms with van der Waals surface area (Å²) >= 11 is 1.65. The molecule has 3 aromatic rings. The second kappa shape index (κ2) is 6.87. The molecule has 0 radical (unpaired) electrons. The van der Waals surface area contributed by atoms with E-state index in [0.717, 1.165) is 22.4 Å². The zero-order valence-electron chi connectivity index (χ0n) is 11.8. The number of hydrogen-bond donors (Lipinski definition) is 2. The third-order valence-corrected chi connectivity index (χ3v) is 3.82. The number of carbonyl (C=O) groups excluding carboxylic acids is 1. The summed E-state index contributed by atoms with van der Waals surface area (Å²) < 4.78 is 0. The van der Waals surface area contributed by atoms with E-state index >= 15 is 0 Å². The molecule has 1 aromatic carbocycles. The van der Waals surface area contributed by atoms with Crippen molar-refractivity contribution in [2.75, 3.05) is 5.32 Å². The number of thiophene rings is 1. The number of anilines is 1. The highest BCUT2D eigenvalue weighted by Gasteiger charge is 2.04. The molecule has 0 spiro atoms. The highest BCUT2D eigenvalue weighted by atomic mass is 32.1. The number of carbonyl (C=O) groups is 1. The first-order valence-electron chi connectivity index (χ1n) is 6.88. The van der Waals surface area contributed by atoms with Crippen molar-refractivity contribution in [2.45, 2.75) is 6.54 Å². The van der Waals surface area contributed by atoms with Gasteiger partial charge < -0.3 is 10.6 Å². The maximum absolute atomic E-state index is 11.9. The molecule has 5 heteroatoms. The number of nitrogens with one attached hydrogen (secondary N) is 2. The number of aromatic nitrogens is 1. The summed E-state index contributed by atoms with van der Waals surface area (Å²) in [6, 6.07) is 13.2. The van der Waals surface area contributed by atoms with Gasteiger partial charge in [-0.3, -0.25) is 4.98 Å². The first-order valence-corrected chi connectivity index (χ1v) is 7.82. The van der Waals surface area contributed by atoms with Gasteiger partial charge in [-0.25, -0.2) is 4.79 Å². The number of nitrogens with zero attached hydrogens (tertiary/aromatic N) is 1. The normalized spacial score (nSPS) is 10.2. The smallest absolute Gasteiger partial charge is 0.319 e. The van der Waals surface area contributed by atoms with Crippen molar-refractivity contribution in [1.82, 2.24) is 10.3 Å². The lowest BCUT2D eigenvalue weighted by Gasteiger charge is -2.08. The standard InChI is InChI=1S/C17H15N3OS/c21-17(20-16-4-2-1-3-5-16)19-10-13-8-15(11-18-9-13)14-6-7-22-12-14/h1-9,11-12H,10H2,(H2,19,20,21). The molecule has 2 N–H and O–H groups in total. The van der Waals surface area contributed by atoms with Gasteiger partial charge in [0, 0.05) is 30.2 Å². The highest BCUT2D eigenvalue weighted by Crippen LogP contribution is 2.21. The van der Waals surface area contributed by atoms with E-state index in [-0.39, 0.29) is 6.03 Å². The van der Waals surface area contributed by atoms with Gasteiger partial charge in [0.25, 0.3) is 0 Å². The lowest BCUT2D eigenvalue weighted by Crippen LogP contribution is -2.28. The molecule has 0 aliphatic carbocycles. The SMILES string of the molecule is O=C(NCc1cncc(-c2ccsc2)c1)Nc1ccccc1. The van der Waals surface area contributed by atoms with Gasteiger partial charge in [0.05, 0.1) is 0 Å². The van der Waals surface area contributed by atoms with Crippen LogP contribution in [0.2, 0.25) is 0 Å². The van der Waals surface area contributed by atoms with Crippen molar-refractivity contribution in [3.8, 4) is 11.1 Å². The van der Waals surface area contributed by atoms with Gasteiger partial charge in [-0.2, -0.15) is 11.3 Å². The zero-order chi connectivity index (χ0) is 15.2. The van der Waals surface area contributed by atoms with E-state index in [2.05, 4.69) is 27.1 Å². The van der Waals surface area contributed by atoms with E-state index in [4.69, 9.17) is 0 Å². The Kier molecular flexibility index (Phi) is 4.46. The van der Waals surface area contributed by atoms with Crippen molar-refractivity contribution < 1.29 is 4.79 Å². The average Bonchev–Trinajstić information content (AvgIpc) is 3.09. The van der Waals surface area contributed by atoms with Crippen LogP contribution < -0.4 is 10.6 Å². The number of urea groups is 1. The molecule has 0 atom stereocenters. The second-order valence-corrected chi connectivity index (χ2v) is 5.55. The third kappa shape index (κ3) is 3.71. The predicted octanol–water partition coefficient (Wildman–Crippen LogP) is 4.13. The van der Waals surface area contributed by atoms with E-state index in [9.17, 15) is 4.79 Å². The van der Waals surface area contributed by atoms with Gasteiger partial charge in [-0.05, 0) is 46.2 Å². The van der Waals surface area contributed by atoms with E-state index in [0.29, 0.717) is 6.54 Å².